The van der Waals surface area contributed by atoms with E-state index in [9.17, 15) is 9.59 Å². The first-order chi connectivity index (χ1) is 11.5. The number of nitrogens with one attached hydrogen (secondary N) is 1. The molecule has 0 aliphatic rings. The predicted molar refractivity (Wildman–Crippen MR) is 88.8 cm³/mol. The fourth-order valence-electron chi connectivity index (χ4n) is 2.15. The van der Waals surface area contributed by atoms with Crippen LogP contribution in [0, 0.1) is 0 Å². The van der Waals surface area contributed by atoms with Crippen LogP contribution in [-0.4, -0.2) is 25.7 Å². The number of rotatable bonds is 5. The summed E-state index contributed by atoms with van der Waals surface area (Å²) in [5.74, 6) is 0.656. The Morgan fingerprint density at radius 1 is 1.33 bits per heavy atom. The van der Waals surface area contributed by atoms with E-state index in [4.69, 9.17) is 4.42 Å². The van der Waals surface area contributed by atoms with Crippen LogP contribution in [-0.2, 0) is 11.3 Å². The summed E-state index contributed by atoms with van der Waals surface area (Å²) in [4.78, 5) is 28.6. The van der Waals surface area contributed by atoms with Crippen LogP contribution >= 0.6 is 11.3 Å². The number of amides is 1. The van der Waals surface area contributed by atoms with Gasteiger partial charge in [0.05, 0.1) is 11.8 Å². The number of fused-ring (bicyclic) bond motifs is 1. The summed E-state index contributed by atoms with van der Waals surface area (Å²) in [5.41, 5.74) is 0.416. The van der Waals surface area contributed by atoms with Crippen LogP contribution in [0.3, 0.4) is 0 Å². The predicted octanol–water partition coefficient (Wildman–Crippen LogP) is 1.84. The van der Waals surface area contributed by atoms with Crippen molar-refractivity contribution in [3.05, 3.63) is 39.9 Å². The molecule has 8 nitrogen and oxygen atoms in total. The lowest BCUT2D eigenvalue weighted by Crippen LogP contribution is -2.33. The van der Waals surface area contributed by atoms with Crippen molar-refractivity contribution in [2.75, 3.05) is 0 Å². The summed E-state index contributed by atoms with van der Waals surface area (Å²) >= 11 is 1.31. The molecule has 0 saturated carbocycles. The van der Waals surface area contributed by atoms with Gasteiger partial charge in [0, 0.05) is 5.92 Å². The molecule has 3 aromatic heterocycles. The molecule has 0 aliphatic carbocycles. The molecule has 126 valence electrons. The lowest BCUT2D eigenvalue weighted by Gasteiger charge is -2.11. The molecule has 0 spiro atoms. The van der Waals surface area contributed by atoms with Gasteiger partial charge in [0.1, 0.15) is 17.3 Å². The summed E-state index contributed by atoms with van der Waals surface area (Å²) in [6, 6.07) is 1.34. The molecule has 1 atom stereocenters. The third-order valence-corrected chi connectivity index (χ3v) is 4.34. The van der Waals surface area contributed by atoms with Crippen molar-refractivity contribution in [3.8, 4) is 0 Å². The summed E-state index contributed by atoms with van der Waals surface area (Å²) in [6.07, 6.45) is 1.38. The Morgan fingerprint density at radius 3 is 2.79 bits per heavy atom. The third-order valence-electron chi connectivity index (χ3n) is 3.45. The molecule has 9 heteroatoms. The van der Waals surface area contributed by atoms with Gasteiger partial charge >= 0.3 is 0 Å². The molecule has 1 N–H and O–H groups in total. The van der Waals surface area contributed by atoms with Crippen molar-refractivity contribution < 1.29 is 9.21 Å². The highest BCUT2D eigenvalue weighted by Crippen LogP contribution is 2.16. The highest BCUT2D eigenvalue weighted by atomic mass is 32.1. The summed E-state index contributed by atoms with van der Waals surface area (Å²) in [5, 5.41) is 12.4. The molecule has 0 saturated heterocycles. The highest BCUT2D eigenvalue weighted by molar-refractivity contribution is 7.17. The number of hydrogen-bond acceptors (Lipinski definition) is 7. The molecule has 0 unspecified atom stereocenters. The summed E-state index contributed by atoms with van der Waals surface area (Å²) < 4.78 is 7.34. The van der Waals surface area contributed by atoms with Gasteiger partial charge in [0.15, 0.2) is 0 Å². The molecule has 0 aliphatic heterocycles. The molecule has 0 bridgehead atoms. The van der Waals surface area contributed by atoms with Gasteiger partial charge in [-0.05, 0) is 18.4 Å². The number of aromatic nitrogens is 4. The van der Waals surface area contributed by atoms with E-state index in [-0.39, 0.29) is 23.9 Å². The highest BCUT2D eigenvalue weighted by Gasteiger charge is 2.18. The minimum absolute atomic E-state index is 0.116. The minimum atomic E-state index is -0.438. The first-order valence-corrected chi connectivity index (χ1v) is 8.39. The third kappa shape index (κ3) is 3.21. The van der Waals surface area contributed by atoms with Crippen molar-refractivity contribution in [2.45, 2.75) is 39.3 Å². The molecule has 3 aromatic rings. The van der Waals surface area contributed by atoms with Crippen LogP contribution < -0.4 is 10.9 Å². The zero-order valence-electron chi connectivity index (χ0n) is 13.5. The van der Waals surface area contributed by atoms with E-state index >= 15 is 0 Å². The molecular formula is C15H17N5O3S. The topological polar surface area (TPSA) is 103 Å². The molecular weight excluding hydrogens is 330 g/mol. The van der Waals surface area contributed by atoms with Gasteiger partial charge in [-0.3, -0.25) is 14.2 Å². The average Bonchev–Trinajstić information content (AvgIpc) is 3.18. The second-order valence-electron chi connectivity index (χ2n) is 5.74. The van der Waals surface area contributed by atoms with Crippen LogP contribution in [0.4, 0.5) is 0 Å². The minimum Gasteiger partial charge on any atom is -0.423 e. The first-order valence-electron chi connectivity index (χ1n) is 7.51. The molecule has 3 heterocycles. The van der Waals surface area contributed by atoms with Gasteiger partial charge in [0.2, 0.25) is 17.7 Å². The quantitative estimate of drug-likeness (QED) is 0.755. The van der Waals surface area contributed by atoms with Crippen LogP contribution in [0.5, 0.6) is 0 Å². The van der Waals surface area contributed by atoms with Crippen molar-refractivity contribution in [1.29, 1.82) is 0 Å². The Hall–Kier alpha value is -2.55. The van der Waals surface area contributed by atoms with E-state index in [0.29, 0.717) is 22.0 Å². The second-order valence-corrected chi connectivity index (χ2v) is 6.65. The zero-order chi connectivity index (χ0) is 17.3. The van der Waals surface area contributed by atoms with E-state index in [2.05, 4.69) is 20.5 Å². The van der Waals surface area contributed by atoms with Gasteiger partial charge < -0.3 is 9.73 Å². The van der Waals surface area contributed by atoms with E-state index in [0.717, 1.165) is 0 Å². The molecule has 3 rings (SSSR count). The fourth-order valence-corrected chi connectivity index (χ4v) is 2.94. The Kier molecular flexibility index (Phi) is 4.43. The maximum absolute atomic E-state index is 12.3. The largest absolute Gasteiger partial charge is 0.423 e. The van der Waals surface area contributed by atoms with E-state index in [1.165, 1.54) is 22.2 Å². The zero-order valence-corrected chi connectivity index (χ0v) is 14.3. The van der Waals surface area contributed by atoms with Gasteiger partial charge in [-0.15, -0.1) is 21.5 Å². The number of nitrogens with zero attached hydrogens (tertiary/aromatic N) is 4. The van der Waals surface area contributed by atoms with Gasteiger partial charge in [-0.2, -0.15) is 0 Å². The normalized spacial score (nSPS) is 12.7. The number of hydrogen-bond donors (Lipinski definition) is 1. The van der Waals surface area contributed by atoms with E-state index < -0.39 is 6.04 Å². The van der Waals surface area contributed by atoms with Crippen molar-refractivity contribution in [3.63, 3.8) is 0 Å². The van der Waals surface area contributed by atoms with Crippen molar-refractivity contribution >= 4 is 27.5 Å². The Balaban J connectivity index is 1.69. The van der Waals surface area contributed by atoms with Crippen LogP contribution in [0.1, 0.15) is 44.5 Å². The summed E-state index contributed by atoms with van der Waals surface area (Å²) in [7, 11) is 0. The number of carbonyl (C=O) groups is 1. The fraction of sp³-hybridized carbons (Fsp3) is 0.400. The van der Waals surface area contributed by atoms with Crippen molar-refractivity contribution in [2.24, 2.45) is 0 Å². The SMILES string of the molecule is CC(C)c1nnc([C@H](C)NC(=O)Cn2cnc3ccsc3c2=O)o1. The molecule has 1 amide bonds. The standard InChI is InChI=1S/C15H17N5O3S/c1-8(2)13-18-19-14(23-13)9(3)17-11(21)6-20-7-16-10-4-5-24-12(10)15(20)22/h4-5,7-9H,6H2,1-3H3,(H,17,21)/t9-/m0/s1. The Labute approximate surface area is 141 Å². The van der Waals surface area contributed by atoms with E-state index in [1.807, 2.05) is 13.8 Å². The monoisotopic (exact) mass is 347 g/mol. The summed E-state index contributed by atoms with van der Waals surface area (Å²) in [6.45, 7) is 5.52. The number of thiophene rings is 1. The van der Waals surface area contributed by atoms with E-state index in [1.54, 1.807) is 18.4 Å². The smallest absolute Gasteiger partial charge is 0.271 e. The number of carbonyl (C=O) groups excluding carboxylic acids is 1. The van der Waals surface area contributed by atoms with Gasteiger partial charge in [-0.25, -0.2) is 4.98 Å². The van der Waals surface area contributed by atoms with Crippen LogP contribution in [0.2, 0.25) is 0 Å². The Morgan fingerprint density at radius 2 is 2.08 bits per heavy atom. The lowest BCUT2D eigenvalue weighted by molar-refractivity contribution is -0.122. The maximum Gasteiger partial charge on any atom is 0.271 e. The van der Waals surface area contributed by atoms with Gasteiger partial charge in [-0.1, -0.05) is 13.8 Å². The first kappa shape index (κ1) is 16.3. The lowest BCUT2D eigenvalue weighted by atomic mass is 10.2. The van der Waals surface area contributed by atoms with Crippen molar-refractivity contribution in [1.82, 2.24) is 25.1 Å². The van der Waals surface area contributed by atoms with Crippen LogP contribution in [0.25, 0.3) is 10.2 Å². The molecule has 24 heavy (non-hydrogen) atoms. The molecule has 0 fully saturated rings. The van der Waals surface area contributed by atoms with Gasteiger partial charge in [0.25, 0.3) is 5.56 Å². The second kappa shape index (κ2) is 6.52. The maximum atomic E-state index is 12.3. The Bertz CT molecular complexity index is 926. The molecule has 0 aromatic carbocycles. The van der Waals surface area contributed by atoms with Crippen LogP contribution in [0.15, 0.2) is 27.0 Å². The average molecular weight is 347 g/mol. The molecule has 0 radical (unpaired) electrons.